The van der Waals surface area contributed by atoms with Gasteiger partial charge in [0.1, 0.15) is 5.75 Å². The van der Waals surface area contributed by atoms with Crippen molar-refractivity contribution in [2.75, 3.05) is 33.3 Å². The van der Waals surface area contributed by atoms with Crippen LogP contribution < -0.4 is 5.32 Å². The van der Waals surface area contributed by atoms with Crippen molar-refractivity contribution in [3.05, 3.63) is 28.2 Å². The zero-order chi connectivity index (χ0) is 14.5. The molecule has 0 saturated carbocycles. The molecule has 20 heavy (non-hydrogen) atoms. The highest BCUT2D eigenvalue weighted by atomic mass is 79.9. The third kappa shape index (κ3) is 3.73. The lowest BCUT2D eigenvalue weighted by Crippen LogP contribution is -2.47. The van der Waals surface area contributed by atoms with Crippen molar-refractivity contribution in [3.8, 4) is 5.75 Å². The van der Waals surface area contributed by atoms with E-state index in [9.17, 15) is 5.11 Å². The Balaban J connectivity index is 2.16. The van der Waals surface area contributed by atoms with Crippen LogP contribution >= 0.6 is 15.9 Å². The molecule has 1 aliphatic heterocycles. The van der Waals surface area contributed by atoms with E-state index in [1.807, 2.05) is 19.2 Å². The van der Waals surface area contributed by atoms with Crippen molar-refractivity contribution in [2.45, 2.75) is 25.5 Å². The molecule has 0 radical (unpaired) electrons. The molecule has 1 heterocycles. The van der Waals surface area contributed by atoms with Crippen molar-refractivity contribution in [1.29, 1.82) is 0 Å². The Labute approximate surface area is 129 Å². The predicted molar refractivity (Wildman–Crippen MR) is 84.1 cm³/mol. The van der Waals surface area contributed by atoms with Gasteiger partial charge in [0.05, 0.1) is 12.7 Å². The van der Waals surface area contributed by atoms with Gasteiger partial charge in [0, 0.05) is 35.7 Å². The lowest BCUT2D eigenvalue weighted by atomic mass is 10.0. The first kappa shape index (κ1) is 15.8. The van der Waals surface area contributed by atoms with Crippen LogP contribution in [0.2, 0.25) is 0 Å². The smallest absolute Gasteiger partial charge is 0.120 e. The molecule has 0 spiro atoms. The first-order valence-electron chi connectivity index (χ1n) is 7.14. The van der Waals surface area contributed by atoms with Gasteiger partial charge < -0.3 is 15.2 Å². The third-order valence-corrected chi connectivity index (χ3v) is 4.27. The van der Waals surface area contributed by atoms with Crippen LogP contribution in [0.15, 0.2) is 22.7 Å². The van der Waals surface area contributed by atoms with E-state index in [-0.39, 0.29) is 12.1 Å². The number of hydrogen-bond donors (Lipinski definition) is 2. The Morgan fingerprint density at radius 2 is 2.35 bits per heavy atom. The van der Waals surface area contributed by atoms with E-state index in [1.165, 1.54) is 0 Å². The second kappa shape index (κ2) is 7.41. The lowest BCUT2D eigenvalue weighted by molar-refractivity contribution is -0.0426. The minimum absolute atomic E-state index is 0.220. The number of halogens is 1. The number of ether oxygens (including phenoxy) is 1. The van der Waals surface area contributed by atoms with E-state index in [4.69, 9.17) is 4.74 Å². The summed E-state index contributed by atoms with van der Waals surface area (Å²) in [5, 5.41) is 13.3. The van der Waals surface area contributed by atoms with Crippen LogP contribution in [0.25, 0.3) is 0 Å². The van der Waals surface area contributed by atoms with Crippen LogP contribution in [-0.2, 0) is 4.74 Å². The second-order valence-corrected chi connectivity index (χ2v) is 6.09. The monoisotopic (exact) mass is 342 g/mol. The maximum atomic E-state index is 10.1. The Bertz CT molecular complexity index is 440. The van der Waals surface area contributed by atoms with Crippen molar-refractivity contribution >= 4 is 15.9 Å². The number of rotatable bonds is 5. The third-order valence-electron chi connectivity index (χ3n) is 3.78. The molecule has 2 atom stereocenters. The van der Waals surface area contributed by atoms with Gasteiger partial charge in [0.25, 0.3) is 0 Å². The van der Waals surface area contributed by atoms with Crippen LogP contribution in [0, 0.1) is 0 Å². The number of nitrogens with one attached hydrogen (secondary N) is 1. The molecule has 4 nitrogen and oxygen atoms in total. The van der Waals surface area contributed by atoms with Gasteiger partial charge in [-0.25, -0.2) is 0 Å². The zero-order valence-electron chi connectivity index (χ0n) is 12.1. The summed E-state index contributed by atoms with van der Waals surface area (Å²) in [6.07, 6.45) is 1.19. The highest BCUT2D eigenvalue weighted by Gasteiger charge is 2.27. The van der Waals surface area contributed by atoms with Gasteiger partial charge in [-0.1, -0.05) is 22.9 Å². The highest BCUT2D eigenvalue weighted by Crippen LogP contribution is 2.34. The molecule has 2 rings (SSSR count). The van der Waals surface area contributed by atoms with E-state index >= 15 is 0 Å². The Kier molecular flexibility index (Phi) is 5.84. The summed E-state index contributed by atoms with van der Waals surface area (Å²) in [6.45, 7) is 5.57. The minimum Gasteiger partial charge on any atom is -0.508 e. The summed E-state index contributed by atoms with van der Waals surface area (Å²) in [4.78, 5) is 2.41. The minimum atomic E-state index is 0.220. The molecule has 112 valence electrons. The van der Waals surface area contributed by atoms with Gasteiger partial charge in [-0.05, 0) is 31.7 Å². The van der Waals surface area contributed by atoms with Gasteiger partial charge in [0.2, 0.25) is 0 Å². The van der Waals surface area contributed by atoms with Crippen molar-refractivity contribution in [2.24, 2.45) is 0 Å². The zero-order valence-corrected chi connectivity index (χ0v) is 13.7. The van der Waals surface area contributed by atoms with E-state index < -0.39 is 0 Å². The standard InChI is InChI=1S/C15H23BrN2O2/c1-3-14(13-8-11(16)4-5-15(13)19)18-6-7-20-12(10-18)9-17-2/h4-5,8,12,14,17,19H,3,6-7,9-10H2,1-2H3. The summed E-state index contributed by atoms with van der Waals surface area (Å²) in [6, 6.07) is 5.88. The molecule has 0 aliphatic carbocycles. The first-order valence-corrected chi connectivity index (χ1v) is 7.93. The van der Waals surface area contributed by atoms with Gasteiger partial charge in [0.15, 0.2) is 0 Å². The molecule has 2 N–H and O–H groups in total. The average molecular weight is 343 g/mol. The number of morpholine rings is 1. The summed E-state index contributed by atoms with van der Waals surface area (Å²) in [5.41, 5.74) is 0.993. The molecular formula is C15H23BrN2O2. The molecule has 1 aromatic rings. The summed E-state index contributed by atoms with van der Waals surface area (Å²) < 4.78 is 6.76. The van der Waals surface area contributed by atoms with Crippen LogP contribution in [0.4, 0.5) is 0 Å². The fourth-order valence-corrected chi connectivity index (χ4v) is 3.22. The molecular weight excluding hydrogens is 320 g/mol. The molecule has 1 saturated heterocycles. The molecule has 0 aromatic heterocycles. The average Bonchev–Trinajstić information content (AvgIpc) is 2.44. The number of benzene rings is 1. The number of phenolic OH excluding ortho intramolecular Hbond substituents is 1. The topological polar surface area (TPSA) is 44.7 Å². The Morgan fingerprint density at radius 1 is 1.55 bits per heavy atom. The predicted octanol–water partition coefficient (Wildman–Crippen LogP) is 2.53. The Hall–Kier alpha value is -0.620. The van der Waals surface area contributed by atoms with Gasteiger partial charge >= 0.3 is 0 Å². The van der Waals surface area contributed by atoms with E-state index in [0.717, 1.165) is 42.7 Å². The summed E-state index contributed by atoms with van der Waals surface area (Å²) >= 11 is 3.49. The number of nitrogens with zero attached hydrogens (tertiary/aromatic N) is 1. The van der Waals surface area contributed by atoms with Crippen molar-refractivity contribution < 1.29 is 9.84 Å². The Morgan fingerprint density at radius 3 is 3.05 bits per heavy atom. The summed E-state index contributed by atoms with van der Waals surface area (Å²) in [7, 11) is 1.94. The maximum Gasteiger partial charge on any atom is 0.120 e. The molecule has 2 unspecified atom stereocenters. The number of hydrogen-bond acceptors (Lipinski definition) is 4. The molecule has 0 bridgehead atoms. The fourth-order valence-electron chi connectivity index (χ4n) is 2.84. The largest absolute Gasteiger partial charge is 0.508 e. The lowest BCUT2D eigenvalue weighted by Gasteiger charge is -2.38. The van der Waals surface area contributed by atoms with Crippen molar-refractivity contribution in [1.82, 2.24) is 10.2 Å². The van der Waals surface area contributed by atoms with Crippen LogP contribution in [0.1, 0.15) is 24.9 Å². The van der Waals surface area contributed by atoms with E-state index in [2.05, 4.69) is 33.1 Å². The van der Waals surface area contributed by atoms with Crippen LogP contribution in [-0.4, -0.2) is 49.4 Å². The highest BCUT2D eigenvalue weighted by molar-refractivity contribution is 9.10. The second-order valence-electron chi connectivity index (χ2n) is 5.17. The number of aromatic hydroxyl groups is 1. The quantitative estimate of drug-likeness (QED) is 0.862. The molecule has 1 aliphatic rings. The molecule has 5 heteroatoms. The number of phenols is 1. The first-order chi connectivity index (χ1) is 9.65. The fraction of sp³-hybridized carbons (Fsp3) is 0.600. The van der Waals surface area contributed by atoms with Gasteiger partial charge in [-0.15, -0.1) is 0 Å². The molecule has 1 aromatic carbocycles. The van der Waals surface area contributed by atoms with Crippen LogP contribution in [0.5, 0.6) is 5.75 Å². The van der Waals surface area contributed by atoms with Gasteiger partial charge in [-0.3, -0.25) is 4.90 Å². The van der Waals surface area contributed by atoms with E-state index in [0.29, 0.717) is 5.75 Å². The molecule has 1 fully saturated rings. The van der Waals surface area contributed by atoms with Crippen LogP contribution in [0.3, 0.4) is 0 Å². The van der Waals surface area contributed by atoms with E-state index in [1.54, 1.807) is 6.07 Å². The normalized spacial score (nSPS) is 21.9. The summed E-state index contributed by atoms with van der Waals surface area (Å²) in [5.74, 6) is 0.372. The maximum absolute atomic E-state index is 10.1. The van der Waals surface area contributed by atoms with Gasteiger partial charge in [-0.2, -0.15) is 0 Å². The van der Waals surface area contributed by atoms with Crippen molar-refractivity contribution in [3.63, 3.8) is 0 Å². The molecule has 0 amide bonds. The SMILES string of the molecule is CCC(c1cc(Br)ccc1O)N1CCOC(CNC)C1. The number of likely N-dealkylation sites (N-methyl/N-ethyl adjacent to an activating group) is 1.